The first-order valence-corrected chi connectivity index (χ1v) is 5.79. The first kappa shape index (κ1) is 13.5. The quantitative estimate of drug-likeness (QED) is 0.604. The number of aromatic nitrogens is 2. The Hall–Kier alpha value is -1.56. The van der Waals surface area contributed by atoms with Crippen LogP contribution >= 0.6 is 0 Å². The number of rotatable bonds is 6. The second kappa shape index (κ2) is 6.24. The fourth-order valence-corrected chi connectivity index (χ4v) is 1.78. The molecule has 1 N–H and O–H groups in total. The normalized spacial score (nSPS) is 14.3. The van der Waals surface area contributed by atoms with Crippen molar-refractivity contribution in [3.63, 3.8) is 0 Å². The lowest BCUT2D eigenvalue weighted by atomic mass is 9.98. The summed E-state index contributed by atoms with van der Waals surface area (Å²) in [6.45, 7) is 7.05. The summed E-state index contributed by atoms with van der Waals surface area (Å²) in [5.74, 6) is 0.782. The highest BCUT2D eigenvalue weighted by Gasteiger charge is 2.19. The molecule has 0 radical (unpaired) electrons. The monoisotopic (exact) mass is 238 g/mol. The van der Waals surface area contributed by atoms with Crippen LogP contribution in [0.1, 0.15) is 38.9 Å². The molecule has 1 aromatic heterocycles. The van der Waals surface area contributed by atoms with Gasteiger partial charge in [-0.15, -0.1) is 0 Å². The molecule has 94 valence electrons. The number of nitrogens with one attached hydrogen (secondary N) is 1. The van der Waals surface area contributed by atoms with Gasteiger partial charge in [0.15, 0.2) is 0 Å². The van der Waals surface area contributed by atoms with E-state index < -0.39 is 4.92 Å². The summed E-state index contributed by atoms with van der Waals surface area (Å²) in [5.41, 5.74) is -0.0718. The lowest BCUT2D eigenvalue weighted by Crippen LogP contribution is -2.33. The van der Waals surface area contributed by atoms with Gasteiger partial charge in [-0.05, 0) is 13.0 Å². The van der Waals surface area contributed by atoms with Crippen molar-refractivity contribution in [2.75, 3.05) is 6.54 Å². The molecule has 0 aliphatic heterocycles. The van der Waals surface area contributed by atoms with E-state index in [0.29, 0.717) is 11.9 Å². The third-order valence-electron chi connectivity index (χ3n) is 2.79. The van der Waals surface area contributed by atoms with Crippen LogP contribution in [0.4, 0.5) is 5.69 Å². The van der Waals surface area contributed by atoms with Crippen LogP contribution in [-0.2, 0) is 0 Å². The summed E-state index contributed by atoms with van der Waals surface area (Å²) >= 11 is 0. The van der Waals surface area contributed by atoms with Crippen LogP contribution in [0.25, 0.3) is 0 Å². The molecule has 6 heteroatoms. The molecule has 0 fully saturated rings. The molecular formula is C11H18N4O2. The Morgan fingerprint density at radius 2 is 2.00 bits per heavy atom. The van der Waals surface area contributed by atoms with Gasteiger partial charge in [0.05, 0.1) is 4.92 Å². The van der Waals surface area contributed by atoms with E-state index in [-0.39, 0.29) is 11.6 Å². The summed E-state index contributed by atoms with van der Waals surface area (Å²) < 4.78 is 0. The smallest absolute Gasteiger partial charge is 0.305 e. The highest BCUT2D eigenvalue weighted by Crippen LogP contribution is 2.18. The van der Waals surface area contributed by atoms with Crippen LogP contribution < -0.4 is 5.32 Å². The zero-order chi connectivity index (χ0) is 12.8. The average molecular weight is 238 g/mol. The average Bonchev–Trinajstić information content (AvgIpc) is 2.35. The third-order valence-corrected chi connectivity index (χ3v) is 2.79. The summed E-state index contributed by atoms with van der Waals surface area (Å²) in [6.07, 6.45) is 3.49. The van der Waals surface area contributed by atoms with Gasteiger partial charge in [-0.1, -0.05) is 20.8 Å². The van der Waals surface area contributed by atoms with Crippen LogP contribution in [0.5, 0.6) is 0 Å². The van der Waals surface area contributed by atoms with Gasteiger partial charge < -0.3 is 5.32 Å². The maximum absolute atomic E-state index is 10.5. The fourth-order valence-electron chi connectivity index (χ4n) is 1.78. The molecule has 1 aromatic rings. The maximum Gasteiger partial charge on any atom is 0.305 e. The molecule has 2 unspecified atom stereocenters. The molecule has 0 aliphatic rings. The summed E-state index contributed by atoms with van der Waals surface area (Å²) in [4.78, 5) is 18.1. The second-order valence-corrected chi connectivity index (χ2v) is 3.92. The van der Waals surface area contributed by atoms with Crippen molar-refractivity contribution in [2.45, 2.75) is 39.2 Å². The summed E-state index contributed by atoms with van der Waals surface area (Å²) in [6, 6.07) is 0.293. The van der Waals surface area contributed by atoms with Gasteiger partial charge in [-0.25, -0.2) is 9.97 Å². The minimum atomic E-state index is -0.490. The molecule has 0 saturated carbocycles. The molecule has 6 nitrogen and oxygen atoms in total. The van der Waals surface area contributed by atoms with Crippen molar-refractivity contribution in [2.24, 2.45) is 0 Å². The molecule has 1 heterocycles. The van der Waals surface area contributed by atoms with E-state index >= 15 is 0 Å². The van der Waals surface area contributed by atoms with Crippen LogP contribution in [0.3, 0.4) is 0 Å². The van der Waals surface area contributed by atoms with Gasteiger partial charge in [-0.2, -0.15) is 0 Å². The Morgan fingerprint density at radius 1 is 1.41 bits per heavy atom. The standard InChI is InChI=1S/C11H18N4O2/c1-4-10(12-5-2)8(3)11-13-6-9(7-14-11)15(16)17/h6-8,10,12H,4-5H2,1-3H3. The SMILES string of the molecule is CCNC(CC)C(C)c1ncc([N+](=O)[O-])cn1. The van der Waals surface area contributed by atoms with Crippen molar-refractivity contribution in [1.29, 1.82) is 0 Å². The Balaban J connectivity index is 2.81. The van der Waals surface area contributed by atoms with E-state index in [1.54, 1.807) is 0 Å². The minimum absolute atomic E-state index is 0.0718. The Morgan fingerprint density at radius 3 is 2.41 bits per heavy atom. The Kier molecular flexibility index (Phi) is 4.96. The van der Waals surface area contributed by atoms with Crippen LogP contribution in [-0.4, -0.2) is 27.5 Å². The predicted molar refractivity (Wildman–Crippen MR) is 64.9 cm³/mol. The predicted octanol–water partition coefficient (Wildman–Crippen LogP) is 1.88. The second-order valence-electron chi connectivity index (χ2n) is 3.92. The van der Waals surface area contributed by atoms with Gasteiger partial charge in [0.1, 0.15) is 18.2 Å². The first-order valence-electron chi connectivity index (χ1n) is 5.79. The van der Waals surface area contributed by atoms with Gasteiger partial charge in [-0.3, -0.25) is 10.1 Å². The van der Waals surface area contributed by atoms with E-state index in [1.807, 2.05) is 13.8 Å². The van der Waals surface area contributed by atoms with Crippen LogP contribution in [0.15, 0.2) is 12.4 Å². The van der Waals surface area contributed by atoms with Gasteiger partial charge >= 0.3 is 5.69 Å². The minimum Gasteiger partial charge on any atom is -0.314 e. The number of hydrogen-bond donors (Lipinski definition) is 1. The highest BCUT2D eigenvalue weighted by atomic mass is 16.6. The molecule has 0 amide bonds. The van der Waals surface area contributed by atoms with E-state index in [9.17, 15) is 10.1 Å². The third kappa shape index (κ3) is 3.45. The topological polar surface area (TPSA) is 81.0 Å². The van der Waals surface area contributed by atoms with E-state index in [2.05, 4.69) is 22.2 Å². The molecule has 0 aromatic carbocycles. The molecular weight excluding hydrogens is 220 g/mol. The largest absolute Gasteiger partial charge is 0.314 e. The van der Waals surface area contributed by atoms with Crippen molar-refractivity contribution < 1.29 is 4.92 Å². The number of likely N-dealkylation sites (N-methyl/N-ethyl adjacent to an activating group) is 1. The van der Waals surface area contributed by atoms with E-state index in [4.69, 9.17) is 0 Å². The number of hydrogen-bond acceptors (Lipinski definition) is 5. The molecule has 0 aliphatic carbocycles. The molecule has 17 heavy (non-hydrogen) atoms. The highest BCUT2D eigenvalue weighted by molar-refractivity contribution is 5.21. The molecule has 0 spiro atoms. The van der Waals surface area contributed by atoms with Gasteiger partial charge in [0.25, 0.3) is 0 Å². The van der Waals surface area contributed by atoms with E-state index in [1.165, 1.54) is 12.4 Å². The zero-order valence-corrected chi connectivity index (χ0v) is 10.4. The molecule has 2 atom stereocenters. The number of nitrogens with zero attached hydrogens (tertiary/aromatic N) is 3. The number of nitro groups is 1. The van der Waals surface area contributed by atoms with Crippen molar-refractivity contribution in [3.8, 4) is 0 Å². The van der Waals surface area contributed by atoms with Crippen molar-refractivity contribution in [3.05, 3.63) is 28.3 Å². The van der Waals surface area contributed by atoms with E-state index in [0.717, 1.165) is 13.0 Å². The zero-order valence-electron chi connectivity index (χ0n) is 10.4. The van der Waals surface area contributed by atoms with Crippen molar-refractivity contribution >= 4 is 5.69 Å². The van der Waals surface area contributed by atoms with Crippen LogP contribution in [0, 0.1) is 10.1 Å². The summed E-state index contributed by atoms with van der Waals surface area (Å²) in [7, 11) is 0. The lowest BCUT2D eigenvalue weighted by Gasteiger charge is -2.21. The van der Waals surface area contributed by atoms with Gasteiger partial charge in [0.2, 0.25) is 0 Å². The molecule has 0 bridgehead atoms. The van der Waals surface area contributed by atoms with Gasteiger partial charge in [0, 0.05) is 12.0 Å². The molecule has 1 rings (SSSR count). The summed E-state index contributed by atoms with van der Waals surface area (Å²) in [5, 5.41) is 13.8. The lowest BCUT2D eigenvalue weighted by molar-refractivity contribution is -0.385. The Bertz CT molecular complexity index is 366. The molecule has 0 saturated heterocycles. The Labute approximate surface area is 101 Å². The first-order chi connectivity index (χ1) is 8.10. The fraction of sp³-hybridized carbons (Fsp3) is 0.636. The van der Waals surface area contributed by atoms with Crippen molar-refractivity contribution in [1.82, 2.24) is 15.3 Å². The van der Waals surface area contributed by atoms with Crippen LogP contribution in [0.2, 0.25) is 0 Å². The maximum atomic E-state index is 10.5.